The number of nitrogens with zero attached hydrogens (tertiary/aromatic N) is 3. The monoisotopic (exact) mass is 568 g/mol. The number of aliphatic carboxylic acids is 1. The minimum absolute atomic E-state index is 0.0868. The molecule has 1 aliphatic carbocycles. The zero-order chi connectivity index (χ0) is 29.2. The maximum atomic E-state index is 14.1. The van der Waals surface area contributed by atoms with Gasteiger partial charge >= 0.3 is 18.3 Å². The van der Waals surface area contributed by atoms with Gasteiger partial charge in [0.1, 0.15) is 0 Å². The van der Waals surface area contributed by atoms with Crippen molar-refractivity contribution in [2.75, 3.05) is 12.4 Å². The Kier molecular flexibility index (Phi) is 8.13. The van der Waals surface area contributed by atoms with Gasteiger partial charge in [-0.1, -0.05) is 30.3 Å². The Morgan fingerprint density at radius 1 is 0.950 bits per heavy atom. The summed E-state index contributed by atoms with van der Waals surface area (Å²) in [7, 11) is 1.05. The first-order valence-corrected chi connectivity index (χ1v) is 12.4. The second-order valence-electron chi connectivity index (χ2n) is 9.68. The molecular weight excluding hydrogens is 542 g/mol. The second kappa shape index (κ2) is 11.2. The number of carbonyl (C=O) groups is 2. The normalized spacial score (nSPS) is 18.7. The van der Waals surface area contributed by atoms with Crippen LogP contribution in [0.4, 0.5) is 37.7 Å². The fourth-order valence-electron chi connectivity index (χ4n) is 5.02. The van der Waals surface area contributed by atoms with E-state index >= 15 is 0 Å². The standard InChI is InChI=1S/C27H26F6N4O3/c1-36(24(38)17-7-9-18(10-8-17)25(39)40)22(26(28,29)30)16-11-13-19(14-12-16)35-21-15-34-37(23(21)27(31,32)33)20-5-3-2-4-6-20/h2-6,11-15,17-18,22,35H,7-10H2,1H3,(H,39,40)/t17?,18?,22-/m0/s1. The number of hydrogen-bond acceptors (Lipinski definition) is 4. The van der Waals surface area contributed by atoms with Crippen LogP contribution in [0.3, 0.4) is 0 Å². The lowest BCUT2D eigenvalue weighted by Crippen LogP contribution is -2.43. The number of rotatable bonds is 7. The van der Waals surface area contributed by atoms with Crippen LogP contribution in [0.25, 0.3) is 5.69 Å². The van der Waals surface area contributed by atoms with E-state index in [-0.39, 0.29) is 48.3 Å². The van der Waals surface area contributed by atoms with Crippen LogP contribution in [0, 0.1) is 11.8 Å². The summed E-state index contributed by atoms with van der Waals surface area (Å²) in [6.07, 6.45) is -7.89. The SMILES string of the molecule is CN(C(=O)C1CCC(C(=O)O)CC1)[C@@H](c1ccc(Nc2cnn(-c3ccccc3)c2C(F)(F)F)cc1)C(F)(F)F. The summed E-state index contributed by atoms with van der Waals surface area (Å²) in [5, 5.41) is 15.5. The van der Waals surface area contributed by atoms with Crippen LogP contribution >= 0.6 is 0 Å². The quantitative estimate of drug-likeness (QED) is 0.314. The highest BCUT2D eigenvalue weighted by molar-refractivity contribution is 5.80. The molecule has 0 saturated heterocycles. The molecule has 3 aromatic rings. The number of benzene rings is 2. The third-order valence-corrected chi connectivity index (χ3v) is 7.01. The highest BCUT2D eigenvalue weighted by Gasteiger charge is 2.46. The van der Waals surface area contributed by atoms with Crippen molar-refractivity contribution in [2.24, 2.45) is 11.8 Å². The number of nitrogens with one attached hydrogen (secondary N) is 1. The van der Waals surface area contributed by atoms with Crippen LogP contribution in [0.5, 0.6) is 0 Å². The molecule has 2 N–H and O–H groups in total. The zero-order valence-corrected chi connectivity index (χ0v) is 21.2. The highest BCUT2D eigenvalue weighted by Crippen LogP contribution is 2.41. The van der Waals surface area contributed by atoms with Gasteiger partial charge in [-0.3, -0.25) is 9.59 Å². The van der Waals surface area contributed by atoms with E-state index in [9.17, 15) is 35.9 Å². The molecule has 0 aliphatic heterocycles. The van der Waals surface area contributed by atoms with E-state index in [1.54, 1.807) is 18.2 Å². The lowest BCUT2D eigenvalue weighted by Gasteiger charge is -2.34. The van der Waals surface area contributed by atoms with Crippen molar-refractivity contribution in [3.05, 3.63) is 72.1 Å². The van der Waals surface area contributed by atoms with E-state index in [0.29, 0.717) is 4.90 Å². The van der Waals surface area contributed by atoms with Gasteiger partial charge < -0.3 is 15.3 Å². The smallest absolute Gasteiger partial charge is 0.435 e. The summed E-state index contributed by atoms with van der Waals surface area (Å²) in [4.78, 5) is 24.7. The number of carbonyl (C=O) groups excluding carboxylic acids is 1. The summed E-state index contributed by atoms with van der Waals surface area (Å²) in [5.41, 5.74) is -1.48. The maximum Gasteiger partial charge on any atom is 0.435 e. The Labute approximate surface area is 225 Å². The van der Waals surface area contributed by atoms with Gasteiger partial charge in [0, 0.05) is 18.7 Å². The molecule has 1 aromatic heterocycles. The fraction of sp³-hybridized carbons (Fsp3) is 0.370. The Bertz CT molecular complexity index is 1330. The third-order valence-electron chi connectivity index (χ3n) is 7.01. The predicted octanol–water partition coefficient (Wildman–Crippen LogP) is 6.59. The Hall–Kier alpha value is -4.03. The number of amides is 1. The molecule has 40 heavy (non-hydrogen) atoms. The van der Waals surface area contributed by atoms with Gasteiger partial charge in [-0.2, -0.15) is 31.4 Å². The molecule has 214 valence electrons. The molecule has 0 bridgehead atoms. The van der Waals surface area contributed by atoms with E-state index < -0.39 is 47.8 Å². The van der Waals surface area contributed by atoms with Crippen LogP contribution in [0.2, 0.25) is 0 Å². The predicted molar refractivity (Wildman–Crippen MR) is 133 cm³/mol. The van der Waals surface area contributed by atoms with Gasteiger partial charge in [0.2, 0.25) is 5.91 Å². The molecule has 2 aromatic carbocycles. The fourth-order valence-corrected chi connectivity index (χ4v) is 5.02. The van der Waals surface area contributed by atoms with E-state index in [1.165, 1.54) is 24.3 Å². The number of carboxylic acid groups (broad SMARTS) is 1. The average molecular weight is 569 g/mol. The molecule has 13 heteroatoms. The molecule has 0 spiro atoms. The van der Waals surface area contributed by atoms with Gasteiger partial charge in [0.25, 0.3) is 0 Å². The molecule has 1 amide bonds. The zero-order valence-electron chi connectivity index (χ0n) is 21.2. The molecule has 1 saturated carbocycles. The van der Waals surface area contributed by atoms with Crippen molar-refractivity contribution in [1.29, 1.82) is 0 Å². The number of alkyl halides is 6. The topological polar surface area (TPSA) is 87.5 Å². The largest absolute Gasteiger partial charge is 0.481 e. The van der Waals surface area contributed by atoms with Crippen LogP contribution in [-0.2, 0) is 15.8 Å². The molecule has 1 heterocycles. The third kappa shape index (κ3) is 6.23. The van der Waals surface area contributed by atoms with Gasteiger partial charge in [0.15, 0.2) is 11.7 Å². The Balaban J connectivity index is 1.55. The maximum absolute atomic E-state index is 14.1. The van der Waals surface area contributed by atoms with E-state index in [4.69, 9.17) is 5.11 Å². The number of halogens is 6. The van der Waals surface area contributed by atoms with Crippen molar-refractivity contribution in [3.63, 3.8) is 0 Å². The highest BCUT2D eigenvalue weighted by atomic mass is 19.4. The van der Waals surface area contributed by atoms with Crippen molar-refractivity contribution in [3.8, 4) is 5.69 Å². The second-order valence-corrected chi connectivity index (χ2v) is 9.68. The van der Waals surface area contributed by atoms with Crippen LogP contribution in [0.1, 0.15) is 43.0 Å². The van der Waals surface area contributed by atoms with Crippen LogP contribution < -0.4 is 5.32 Å². The summed E-state index contributed by atoms with van der Waals surface area (Å²) in [6.45, 7) is 0. The lowest BCUT2D eigenvalue weighted by molar-refractivity contribution is -0.191. The van der Waals surface area contributed by atoms with Crippen molar-refractivity contribution in [1.82, 2.24) is 14.7 Å². The number of hydrogen-bond donors (Lipinski definition) is 2. The summed E-state index contributed by atoms with van der Waals surface area (Å²) in [6, 6.07) is 9.96. The van der Waals surface area contributed by atoms with Crippen LogP contribution in [0.15, 0.2) is 60.8 Å². The molecule has 1 atom stereocenters. The summed E-state index contributed by atoms with van der Waals surface area (Å²) >= 11 is 0. The molecule has 1 fully saturated rings. The van der Waals surface area contributed by atoms with E-state index in [2.05, 4.69) is 10.4 Å². The van der Waals surface area contributed by atoms with E-state index in [1.807, 2.05) is 0 Å². The first kappa shape index (κ1) is 29.0. The molecule has 4 rings (SSSR count). The van der Waals surface area contributed by atoms with E-state index in [0.717, 1.165) is 30.1 Å². The molecule has 1 aliphatic rings. The molecule has 7 nitrogen and oxygen atoms in total. The van der Waals surface area contributed by atoms with Crippen LogP contribution in [-0.4, -0.2) is 44.9 Å². The number of anilines is 2. The van der Waals surface area contributed by atoms with Crippen molar-refractivity contribution >= 4 is 23.3 Å². The van der Waals surface area contributed by atoms with Gasteiger partial charge in [0.05, 0.1) is 23.5 Å². The van der Waals surface area contributed by atoms with Crippen molar-refractivity contribution in [2.45, 2.75) is 44.1 Å². The first-order valence-electron chi connectivity index (χ1n) is 12.4. The summed E-state index contributed by atoms with van der Waals surface area (Å²) < 4.78 is 84.8. The number of para-hydroxylation sites is 1. The Morgan fingerprint density at radius 3 is 2.05 bits per heavy atom. The lowest BCUT2D eigenvalue weighted by atomic mass is 9.81. The van der Waals surface area contributed by atoms with Crippen molar-refractivity contribution < 1.29 is 41.0 Å². The minimum atomic E-state index is -4.84. The van der Waals surface area contributed by atoms with Gasteiger partial charge in [-0.15, -0.1) is 0 Å². The molecule has 0 unspecified atom stereocenters. The number of aromatic nitrogens is 2. The first-order chi connectivity index (χ1) is 18.8. The average Bonchev–Trinajstić information content (AvgIpc) is 3.33. The van der Waals surface area contributed by atoms with Gasteiger partial charge in [-0.05, 0) is 55.5 Å². The number of carboxylic acids is 1. The minimum Gasteiger partial charge on any atom is -0.481 e. The molecular formula is C27H26F6N4O3. The van der Waals surface area contributed by atoms with Gasteiger partial charge in [-0.25, -0.2) is 4.68 Å². The Morgan fingerprint density at radius 2 is 1.52 bits per heavy atom. The molecule has 0 radical (unpaired) electrons. The summed E-state index contributed by atoms with van der Waals surface area (Å²) in [5.74, 6) is -3.08.